The lowest BCUT2D eigenvalue weighted by Gasteiger charge is -2.12. The van der Waals surface area contributed by atoms with Crippen molar-refractivity contribution in [1.29, 1.82) is 0 Å². The van der Waals surface area contributed by atoms with Crippen molar-refractivity contribution in [2.24, 2.45) is 0 Å². The van der Waals surface area contributed by atoms with Gasteiger partial charge in [-0.05, 0) is 31.6 Å². The molecule has 0 aliphatic carbocycles. The topological polar surface area (TPSA) is 34.1 Å². The van der Waals surface area contributed by atoms with Crippen LogP contribution >= 0.6 is 0 Å². The molecular weight excluding hydrogens is 236 g/mol. The van der Waals surface area contributed by atoms with Gasteiger partial charge < -0.3 is 10.1 Å². The number of nitrogens with one attached hydrogen (secondary N) is 1. The molecule has 0 aliphatic rings. The molecule has 0 saturated carbocycles. The standard InChI is InChI=1S/C16H20N2O/c1-7-13-9-14(10-18-16(13)17-6)19-15(12(4)5)8-11(2)3/h7-10H,1-2,4H2,3,5-6H3,(H,17,18)/b15-8+. The maximum absolute atomic E-state index is 5.79. The van der Waals surface area contributed by atoms with E-state index < -0.39 is 0 Å². The van der Waals surface area contributed by atoms with Crippen LogP contribution < -0.4 is 10.1 Å². The van der Waals surface area contributed by atoms with Gasteiger partial charge in [0.05, 0.1) is 6.20 Å². The van der Waals surface area contributed by atoms with E-state index in [0.717, 1.165) is 22.5 Å². The zero-order valence-electron chi connectivity index (χ0n) is 11.8. The Kier molecular flexibility index (Phi) is 5.12. The first-order chi connectivity index (χ1) is 8.97. The molecule has 19 heavy (non-hydrogen) atoms. The lowest BCUT2D eigenvalue weighted by atomic mass is 10.2. The molecule has 0 radical (unpaired) electrons. The van der Waals surface area contributed by atoms with Gasteiger partial charge in [-0.1, -0.05) is 31.4 Å². The normalized spacial score (nSPS) is 10.8. The number of pyridine rings is 1. The molecule has 3 heteroatoms. The number of allylic oxidation sites excluding steroid dienone is 3. The highest BCUT2D eigenvalue weighted by Crippen LogP contribution is 2.23. The Balaban J connectivity index is 3.07. The maximum Gasteiger partial charge on any atom is 0.146 e. The largest absolute Gasteiger partial charge is 0.455 e. The van der Waals surface area contributed by atoms with E-state index in [2.05, 4.69) is 30.0 Å². The van der Waals surface area contributed by atoms with Crippen molar-refractivity contribution in [2.75, 3.05) is 12.4 Å². The molecule has 0 bridgehead atoms. The minimum atomic E-state index is 0.643. The van der Waals surface area contributed by atoms with Gasteiger partial charge in [0.15, 0.2) is 0 Å². The molecule has 0 aliphatic heterocycles. The molecule has 1 aromatic heterocycles. The first-order valence-electron chi connectivity index (χ1n) is 5.99. The van der Waals surface area contributed by atoms with Crippen molar-refractivity contribution in [1.82, 2.24) is 4.98 Å². The number of anilines is 1. The van der Waals surface area contributed by atoms with Crippen LogP contribution in [-0.2, 0) is 0 Å². The zero-order valence-corrected chi connectivity index (χ0v) is 11.8. The average Bonchev–Trinajstić information content (AvgIpc) is 2.37. The van der Waals surface area contributed by atoms with Gasteiger partial charge in [0.25, 0.3) is 0 Å². The van der Waals surface area contributed by atoms with Gasteiger partial charge in [-0.3, -0.25) is 0 Å². The first-order valence-corrected chi connectivity index (χ1v) is 5.99. The summed E-state index contributed by atoms with van der Waals surface area (Å²) in [4.78, 5) is 4.27. The summed E-state index contributed by atoms with van der Waals surface area (Å²) in [6.45, 7) is 15.3. The third-order valence-electron chi connectivity index (χ3n) is 2.37. The van der Waals surface area contributed by atoms with E-state index in [-0.39, 0.29) is 0 Å². The van der Waals surface area contributed by atoms with E-state index in [9.17, 15) is 0 Å². The third kappa shape index (κ3) is 4.14. The van der Waals surface area contributed by atoms with Gasteiger partial charge in [-0.2, -0.15) is 0 Å². The van der Waals surface area contributed by atoms with E-state index in [0.29, 0.717) is 11.5 Å². The van der Waals surface area contributed by atoms with Crippen LogP contribution in [0.5, 0.6) is 5.75 Å². The Morgan fingerprint density at radius 1 is 1.37 bits per heavy atom. The molecule has 0 unspecified atom stereocenters. The molecule has 1 rings (SSSR count). The minimum absolute atomic E-state index is 0.643. The number of hydrogen-bond donors (Lipinski definition) is 1. The summed E-state index contributed by atoms with van der Waals surface area (Å²) in [5.41, 5.74) is 2.62. The van der Waals surface area contributed by atoms with E-state index >= 15 is 0 Å². The van der Waals surface area contributed by atoms with Crippen LogP contribution in [0.25, 0.3) is 6.08 Å². The van der Waals surface area contributed by atoms with Crippen molar-refractivity contribution in [3.8, 4) is 5.75 Å². The average molecular weight is 256 g/mol. The minimum Gasteiger partial charge on any atom is -0.455 e. The van der Waals surface area contributed by atoms with Gasteiger partial charge in [0.1, 0.15) is 17.3 Å². The van der Waals surface area contributed by atoms with E-state index in [1.165, 1.54) is 0 Å². The number of aromatic nitrogens is 1. The number of ether oxygens (including phenoxy) is 1. The van der Waals surface area contributed by atoms with Crippen molar-refractivity contribution in [3.63, 3.8) is 0 Å². The van der Waals surface area contributed by atoms with Gasteiger partial charge in [-0.15, -0.1) is 0 Å². The van der Waals surface area contributed by atoms with Crippen LogP contribution in [0.4, 0.5) is 5.82 Å². The predicted molar refractivity (Wildman–Crippen MR) is 82.2 cm³/mol. The van der Waals surface area contributed by atoms with Crippen molar-refractivity contribution in [3.05, 3.63) is 60.5 Å². The van der Waals surface area contributed by atoms with Crippen LogP contribution in [0.2, 0.25) is 0 Å². The Morgan fingerprint density at radius 3 is 2.53 bits per heavy atom. The molecular formula is C16H20N2O. The van der Waals surface area contributed by atoms with Crippen molar-refractivity contribution >= 4 is 11.9 Å². The second-order valence-electron chi connectivity index (χ2n) is 4.30. The Morgan fingerprint density at radius 2 is 2.05 bits per heavy atom. The second kappa shape index (κ2) is 6.59. The molecule has 0 aromatic carbocycles. The number of hydrogen-bond acceptors (Lipinski definition) is 3. The van der Waals surface area contributed by atoms with E-state index in [1.54, 1.807) is 12.3 Å². The van der Waals surface area contributed by atoms with Crippen LogP contribution in [0.15, 0.2) is 55.0 Å². The molecule has 1 aromatic rings. The summed E-state index contributed by atoms with van der Waals surface area (Å²) in [7, 11) is 1.82. The smallest absolute Gasteiger partial charge is 0.146 e. The number of rotatable bonds is 6. The lowest BCUT2D eigenvalue weighted by molar-refractivity contribution is 0.434. The van der Waals surface area contributed by atoms with E-state index in [1.807, 2.05) is 33.0 Å². The van der Waals surface area contributed by atoms with Crippen LogP contribution in [-0.4, -0.2) is 12.0 Å². The van der Waals surface area contributed by atoms with Crippen molar-refractivity contribution in [2.45, 2.75) is 13.8 Å². The van der Waals surface area contributed by atoms with Gasteiger partial charge in [-0.25, -0.2) is 4.98 Å². The highest BCUT2D eigenvalue weighted by molar-refractivity contribution is 5.63. The summed E-state index contributed by atoms with van der Waals surface area (Å²) >= 11 is 0. The summed E-state index contributed by atoms with van der Waals surface area (Å²) in [6, 6.07) is 1.88. The second-order valence-corrected chi connectivity index (χ2v) is 4.30. The van der Waals surface area contributed by atoms with Gasteiger partial charge >= 0.3 is 0 Å². The van der Waals surface area contributed by atoms with Crippen molar-refractivity contribution < 1.29 is 4.74 Å². The molecule has 3 nitrogen and oxygen atoms in total. The highest BCUT2D eigenvalue weighted by atomic mass is 16.5. The van der Waals surface area contributed by atoms with Crippen LogP contribution in [0.1, 0.15) is 19.4 Å². The third-order valence-corrected chi connectivity index (χ3v) is 2.37. The molecule has 0 fully saturated rings. The molecule has 0 atom stereocenters. The van der Waals surface area contributed by atoms with Crippen LogP contribution in [0.3, 0.4) is 0 Å². The predicted octanol–water partition coefficient (Wildman–Crippen LogP) is 4.18. The zero-order chi connectivity index (χ0) is 14.4. The summed E-state index contributed by atoms with van der Waals surface area (Å²) in [5, 5.41) is 3.00. The molecule has 1 N–H and O–H groups in total. The Labute approximate surface area is 115 Å². The van der Waals surface area contributed by atoms with Gasteiger partial charge in [0.2, 0.25) is 0 Å². The summed E-state index contributed by atoms with van der Waals surface area (Å²) in [5.74, 6) is 2.09. The first kappa shape index (κ1) is 14.8. The monoisotopic (exact) mass is 256 g/mol. The van der Waals surface area contributed by atoms with Crippen LogP contribution in [0, 0.1) is 0 Å². The Hall–Kier alpha value is -2.29. The fraction of sp³-hybridized carbons (Fsp3) is 0.188. The molecule has 1 heterocycles. The molecule has 0 amide bonds. The molecule has 0 spiro atoms. The summed E-state index contributed by atoms with van der Waals surface area (Å²) < 4.78 is 5.79. The van der Waals surface area contributed by atoms with E-state index in [4.69, 9.17) is 4.74 Å². The number of nitrogens with zero attached hydrogens (tertiary/aromatic N) is 1. The van der Waals surface area contributed by atoms with Gasteiger partial charge in [0, 0.05) is 12.6 Å². The fourth-order valence-corrected chi connectivity index (χ4v) is 1.47. The lowest BCUT2D eigenvalue weighted by Crippen LogP contribution is -2.00. The quantitative estimate of drug-likeness (QED) is 0.612. The Bertz CT molecular complexity index is 542. The maximum atomic E-state index is 5.79. The fourth-order valence-electron chi connectivity index (χ4n) is 1.47. The molecule has 100 valence electrons. The SMILES string of the molecule is C=Cc1cc(O/C(=C/C(=C)C)C(=C)C)cnc1NC. The molecule has 0 saturated heterocycles. The highest BCUT2D eigenvalue weighted by Gasteiger charge is 2.06. The summed E-state index contributed by atoms with van der Waals surface area (Å²) in [6.07, 6.45) is 5.24.